The van der Waals surface area contributed by atoms with Gasteiger partial charge in [0, 0.05) is 36.2 Å². The first-order valence-electron chi connectivity index (χ1n) is 5.86. The smallest absolute Gasteiger partial charge is 0.324 e. The van der Waals surface area contributed by atoms with Crippen molar-refractivity contribution in [2.75, 3.05) is 5.32 Å². The molecular weight excluding hydrogens is 240 g/mol. The van der Waals surface area contributed by atoms with E-state index in [9.17, 15) is 4.79 Å². The lowest BCUT2D eigenvalue weighted by Crippen LogP contribution is -2.17. The van der Waals surface area contributed by atoms with Crippen molar-refractivity contribution in [2.24, 2.45) is 0 Å². The Hall–Kier alpha value is -2.82. The Morgan fingerprint density at radius 1 is 1.11 bits per heavy atom. The molecule has 0 bridgehead atoms. The van der Waals surface area contributed by atoms with E-state index >= 15 is 0 Å². The Morgan fingerprint density at radius 3 is 2.68 bits per heavy atom. The zero-order valence-corrected chi connectivity index (χ0v) is 10.1. The molecule has 0 fully saturated rings. The highest BCUT2D eigenvalue weighted by Gasteiger charge is 2.04. The molecule has 0 spiro atoms. The predicted octanol–water partition coefficient (Wildman–Crippen LogP) is 2.75. The normalized spacial score (nSPS) is 10.3. The summed E-state index contributed by atoms with van der Waals surface area (Å²) in [5.41, 5.74) is 1.73. The molecule has 2 heterocycles. The lowest BCUT2D eigenvalue weighted by molar-refractivity contribution is 0.253. The summed E-state index contributed by atoms with van der Waals surface area (Å²) in [5, 5.41) is 2.82. The molecule has 94 valence electrons. The van der Waals surface area contributed by atoms with Crippen LogP contribution in [-0.4, -0.2) is 20.1 Å². The molecule has 2 aromatic heterocycles. The van der Waals surface area contributed by atoms with Crippen LogP contribution >= 0.6 is 0 Å². The fourth-order valence-electron chi connectivity index (χ4n) is 1.82. The number of hydrogen-bond donors (Lipinski definition) is 1. The maximum atomic E-state index is 11.9. The van der Waals surface area contributed by atoms with Gasteiger partial charge in [-0.3, -0.25) is 4.57 Å². The fraction of sp³-hybridized carbons (Fsp3) is 0. The van der Waals surface area contributed by atoms with Crippen LogP contribution in [0.2, 0.25) is 0 Å². The highest BCUT2D eigenvalue weighted by atomic mass is 16.2. The third-order valence-corrected chi connectivity index (χ3v) is 2.74. The second-order valence-corrected chi connectivity index (χ2v) is 4.04. The zero-order chi connectivity index (χ0) is 13.1. The van der Waals surface area contributed by atoms with Gasteiger partial charge in [0.15, 0.2) is 0 Å². The van der Waals surface area contributed by atoms with Crippen molar-refractivity contribution >= 4 is 11.7 Å². The van der Waals surface area contributed by atoms with E-state index in [4.69, 9.17) is 0 Å². The summed E-state index contributed by atoms with van der Waals surface area (Å²) in [6, 6.07) is 11.3. The van der Waals surface area contributed by atoms with Gasteiger partial charge in [0.2, 0.25) is 0 Å². The minimum Gasteiger partial charge on any atom is -0.324 e. The number of benzene rings is 1. The maximum absolute atomic E-state index is 11.9. The van der Waals surface area contributed by atoms with Crippen molar-refractivity contribution in [3.05, 3.63) is 67.5 Å². The van der Waals surface area contributed by atoms with E-state index in [1.54, 1.807) is 12.4 Å². The van der Waals surface area contributed by atoms with E-state index in [0.717, 1.165) is 11.4 Å². The second kappa shape index (κ2) is 4.81. The summed E-state index contributed by atoms with van der Waals surface area (Å²) < 4.78 is 3.37. The number of anilines is 1. The average Bonchev–Trinajstić information content (AvgIpc) is 3.13. The molecule has 1 amide bonds. The molecular formula is C14H12N4O. The van der Waals surface area contributed by atoms with Crippen LogP contribution in [0, 0.1) is 0 Å². The number of carbonyl (C=O) groups is 1. The second-order valence-electron chi connectivity index (χ2n) is 4.04. The Bertz CT molecular complexity index is 671. The van der Waals surface area contributed by atoms with E-state index in [2.05, 4.69) is 10.3 Å². The topological polar surface area (TPSA) is 51.9 Å². The zero-order valence-electron chi connectivity index (χ0n) is 10.1. The van der Waals surface area contributed by atoms with Gasteiger partial charge >= 0.3 is 6.03 Å². The number of nitrogens with zero attached hydrogens (tertiary/aromatic N) is 3. The summed E-state index contributed by atoms with van der Waals surface area (Å²) in [6.45, 7) is 0. The van der Waals surface area contributed by atoms with E-state index in [1.165, 1.54) is 10.9 Å². The van der Waals surface area contributed by atoms with Crippen molar-refractivity contribution in [1.82, 2.24) is 14.1 Å². The molecule has 0 aliphatic carbocycles. The number of aromatic nitrogens is 3. The molecule has 0 saturated heterocycles. The molecule has 0 saturated carbocycles. The van der Waals surface area contributed by atoms with E-state index < -0.39 is 0 Å². The first kappa shape index (κ1) is 11.3. The van der Waals surface area contributed by atoms with Gasteiger partial charge < -0.3 is 9.88 Å². The van der Waals surface area contributed by atoms with E-state index in [-0.39, 0.29) is 6.03 Å². The predicted molar refractivity (Wildman–Crippen MR) is 72.4 cm³/mol. The molecule has 5 heteroatoms. The van der Waals surface area contributed by atoms with Crippen LogP contribution in [0.5, 0.6) is 0 Å². The van der Waals surface area contributed by atoms with Crippen molar-refractivity contribution in [1.29, 1.82) is 0 Å². The van der Waals surface area contributed by atoms with Crippen LogP contribution in [0.25, 0.3) is 5.69 Å². The Morgan fingerprint density at radius 2 is 1.95 bits per heavy atom. The average molecular weight is 252 g/mol. The van der Waals surface area contributed by atoms with Gasteiger partial charge in [0.05, 0.1) is 0 Å². The third-order valence-electron chi connectivity index (χ3n) is 2.74. The number of imidazole rings is 1. The Balaban J connectivity index is 1.82. The quantitative estimate of drug-likeness (QED) is 0.762. The first-order chi connectivity index (χ1) is 9.33. The number of rotatable bonds is 2. The minimum atomic E-state index is -0.234. The molecule has 19 heavy (non-hydrogen) atoms. The van der Waals surface area contributed by atoms with Gasteiger partial charge in [0.25, 0.3) is 0 Å². The molecule has 0 radical (unpaired) electrons. The van der Waals surface area contributed by atoms with E-state index in [0.29, 0.717) is 0 Å². The van der Waals surface area contributed by atoms with Gasteiger partial charge in [0.1, 0.15) is 6.33 Å². The summed E-state index contributed by atoms with van der Waals surface area (Å²) >= 11 is 0. The minimum absolute atomic E-state index is 0.234. The van der Waals surface area contributed by atoms with Crippen LogP contribution in [-0.2, 0) is 0 Å². The molecule has 0 atom stereocenters. The lowest BCUT2D eigenvalue weighted by Gasteiger charge is -2.08. The molecule has 5 nitrogen and oxygen atoms in total. The molecule has 1 N–H and O–H groups in total. The highest BCUT2D eigenvalue weighted by molar-refractivity contribution is 5.91. The van der Waals surface area contributed by atoms with Crippen molar-refractivity contribution in [3.8, 4) is 5.69 Å². The van der Waals surface area contributed by atoms with Gasteiger partial charge in [-0.05, 0) is 30.3 Å². The van der Waals surface area contributed by atoms with Crippen LogP contribution in [0.1, 0.15) is 0 Å². The van der Waals surface area contributed by atoms with Crippen LogP contribution in [0.3, 0.4) is 0 Å². The number of nitrogens with one attached hydrogen (secondary N) is 1. The summed E-state index contributed by atoms with van der Waals surface area (Å²) in [5.74, 6) is 0. The first-order valence-corrected chi connectivity index (χ1v) is 5.86. The Kier molecular flexibility index (Phi) is 2.86. The van der Waals surface area contributed by atoms with Gasteiger partial charge in [-0.2, -0.15) is 0 Å². The molecule has 1 aromatic carbocycles. The molecule has 3 aromatic rings. The Labute approximate surface area is 110 Å². The fourth-order valence-corrected chi connectivity index (χ4v) is 1.82. The van der Waals surface area contributed by atoms with Gasteiger partial charge in [-0.15, -0.1) is 0 Å². The number of hydrogen-bond acceptors (Lipinski definition) is 2. The summed E-state index contributed by atoms with van der Waals surface area (Å²) in [7, 11) is 0. The van der Waals surface area contributed by atoms with Crippen LogP contribution < -0.4 is 5.32 Å². The van der Waals surface area contributed by atoms with E-state index in [1.807, 2.05) is 53.4 Å². The number of amides is 1. The van der Waals surface area contributed by atoms with Gasteiger partial charge in [-0.1, -0.05) is 6.07 Å². The standard InChI is InChI=1S/C14H12N4O/c19-14(18-9-6-15-11-18)16-12-4-3-5-13(10-12)17-7-1-2-8-17/h1-11H,(H,16,19). The maximum Gasteiger partial charge on any atom is 0.331 e. The molecule has 3 rings (SSSR count). The highest BCUT2D eigenvalue weighted by Crippen LogP contribution is 2.15. The third kappa shape index (κ3) is 2.40. The summed E-state index contributed by atoms with van der Waals surface area (Å²) in [6.07, 6.45) is 8.54. The van der Waals surface area contributed by atoms with Crippen LogP contribution in [0.4, 0.5) is 10.5 Å². The summed E-state index contributed by atoms with van der Waals surface area (Å²) in [4.78, 5) is 15.7. The number of carbonyl (C=O) groups excluding carboxylic acids is 1. The molecule has 0 aliphatic heterocycles. The van der Waals surface area contributed by atoms with Gasteiger partial charge in [-0.25, -0.2) is 9.78 Å². The molecule has 0 unspecified atom stereocenters. The molecule has 0 aliphatic rings. The largest absolute Gasteiger partial charge is 0.331 e. The van der Waals surface area contributed by atoms with Crippen molar-refractivity contribution < 1.29 is 4.79 Å². The lowest BCUT2D eigenvalue weighted by atomic mass is 10.3. The SMILES string of the molecule is O=C(Nc1cccc(-n2cccc2)c1)n1ccnc1. The van der Waals surface area contributed by atoms with Crippen LogP contribution in [0.15, 0.2) is 67.5 Å². The van der Waals surface area contributed by atoms with Crippen molar-refractivity contribution in [2.45, 2.75) is 0 Å². The van der Waals surface area contributed by atoms with Crippen molar-refractivity contribution in [3.63, 3.8) is 0 Å². The monoisotopic (exact) mass is 252 g/mol.